The molecule has 0 radical (unpaired) electrons. The van der Waals surface area contributed by atoms with Gasteiger partial charge in [-0.25, -0.2) is 4.39 Å². The predicted molar refractivity (Wildman–Crippen MR) is 55.5 cm³/mol. The second-order valence-electron chi connectivity index (χ2n) is 3.01. The van der Waals surface area contributed by atoms with Crippen LogP contribution in [-0.2, 0) is 0 Å². The van der Waals surface area contributed by atoms with Gasteiger partial charge in [-0.2, -0.15) is 0 Å². The van der Waals surface area contributed by atoms with E-state index >= 15 is 0 Å². The number of nitro groups is 1. The Labute approximate surface area is 90.3 Å². The van der Waals surface area contributed by atoms with Gasteiger partial charge in [0.15, 0.2) is 0 Å². The van der Waals surface area contributed by atoms with Crippen LogP contribution >= 0.6 is 11.8 Å². The SMILES string of the molecule is CC(CO)Sc1cc(F)cc([N+](=O)[O-])c1. The van der Waals surface area contributed by atoms with Crippen LogP contribution in [0.15, 0.2) is 23.1 Å². The number of nitrogens with zero attached hydrogens (tertiary/aromatic N) is 1. The van der Waals surface area contributed by atoms with E-state index in [4.69, 9.17) is 5.11 Å². The molecular formula is C9H10FNO3S. The zero-order valence-electron chi connectivity index (χ0n) is 8.01. The van der Waals surface area contributed by atoms with Gasteiger partial charge in [-0.1, -0.05) is 6.92 Å². The highest BCUT2D eigenvalue weighted by atomic mass is 32.2. The van der Waals surface area contributed by atoms with Gasteiger partial charge >= 0.3 is 0 Å². The fourth-order valence-electron chi connectivity index (χ4n) is 0.991. The summed E-state index contributed by atoms with van der Waals surface area (Å²) in [6.45, 7) is 1.69. The van der Waals surface area contributed by atoms with E-state index in [9.17, 15) is 14.5 Å². The predicted octanol–water partition coefficient (Wildman–Crippen LogP) is 2.21. The smallest absolute Gasteiger partial charge is 0.273 e. The first-order valence-electron chi connectivity index (χ1n) is 4.25. The number of halogens is 1. The van der Waals surface area contributed by atoms with E-state index in [-0.39, 0.29) is 17.5 Å². The molecule has 1 aromatic carbocycles. The maximum Gasteiger partial charge on any atom is 0.273 e. The number of non-ortho nitro benzene ring substituents is 1. The molecule has 0 aliphatic carbocycles. The van der Waals surface area contributed by atoms with Crippen LogP contribution in [0.3, 0.4) is 0 Å². The fraction of sp³-hybridized carbons (Fsp3) is 0.333. The number of rotatable bonds is 4. The van der Waals surface area contributed by atoms with Gasteiger partial charge in [-0.3, -0.25) is 10.1 Å². The second-order valence-corrected chi connectivity index (χ2v) is 4.53. The van der Waals surface area contributed by atoms with E-state index in [2.05, 4.69) is 0 Å². The molecule has 6 heteroatoms. The van der Waals surface area contributed by atoms with Crippen LogP contribution in [0.5, 0.6) is 0 Å². The van der Waals surface area contributed by atoms with Gasteiger partial charge in [-0.05, 0) is 6.07 Å². The summed E-state index contributed by atoms with van der Waals surface area (Å²) in [7, 11) is 0. The topological polar surface area (TPSA) is 63.4 Å². The molecule has 0 aromatic heterocycles. The summed E-state index contributed by atoms with van der Waals surface area (Å²) in [6, 6.07) is 3.37. The Kier molecular flexibility index (Phi) is 4.05. The molecular weight excluding hydrogens is 221 g/mol. The second kappa shape index (κ2) is 5.09. The number of aliphatic hydroxyl groups excluding tert-OH is 1. The molecule has 4 nitrogen and oxygen atoms in total. The highest BCUT2D eigenvalue weighted by Gasteiger charge is 2.11. The van der Waals surface area contributed by atoms with Crippen LogP contribution < -0.4 is 0 Å². The highest BCUT2D eigenvalue weighted by Crippen LogP contribution is 2.27. The van der Waals surface area contributed by atoms with Gasteiger partial charge < -0.3 is 5.11 Å². The maximum atomic E-state index is 13.0. The van der Waals surface area contributed by atoms with Crippen molar-refractivity contribution in [3.05, 3.63) is 34.1 Å². The van der Waals surface area contributed by atoms with Crippen molar-refractivity contribution in [3.8, 4) is 0 Å². The van der Waals surface area contributed by atoms with Crippen LogP contribution in [0.1, 0.15) is 6.92 Å². The van der Waals surface area contributed by atoms with Gasteiger partial charge in [0.2, 0.25) is 0 Å². The average molecular weight is 231 g/mol. The Bertz CT molecular complexity index is 372. The third kappa shape index (κ3) is 3.49. The molecule has 0 spiro atoms. The lowest BCUT2D eigenvalue weighted by Gasteiger charge is -2.06. The summed E-state index contributed by atoms with van der Waals surface area (Å²) < 4.78 is 13.0. The Morgan fingerprint density at radius 1 is 1.60 bits per heavy atom. The molecule has 1 rings (SSSR count). The number of benzene rings is 1. The van der Waals surface area contributed by atoms with Gasteiger partial charge in [-0.15, -0.1) is 11.8 Å². The Balaban J connectivity index is 2.93. The average Bonchev–Trinajstić information content (AvgIpc) is 2.16. The Morgan fingerprint density at radius 3 is 2.80 bits per heavy atom. The van der Waals surface area contributed by atoms with E-state index in [0.29, 0.717) is 4.90 Å². The molecule has 0 heterocycles. The van der Waals surface area contributed by atoms with Crippen LogP contribution in [0, 0.1) is 15.9 Å². The van der Waals surface area contributed by atoms with E-state index in [1.165, 1.54) is 23.9 Å². The van der Waals surface area contributed by atoms with Crippen LogP contribution in [0.25, 0.3) is 0 Å². The number of aliphatic hydroxyl groups is 1. The number of hydrogen-bond acceptors (Lipinski definition) is 4. The normalized spacial score (nSPS) is 12.5. The van der Waals surface area contributed by atoms with E-state index in [1.54, 1.807) is 6.92 Å². The van der Waals surface area contributed by atoms with Gasteiger partial charge in [0.1, 0.15) is 5.82 Å². The summed E-state index contributed by atoms with van der Waals surface area (Å²) >= 11 is 1.19. The van der Waals surface area contributed by atoms with Crippen LogP contribution in [-0.4, -0.2) is 21.9 Å². The Morgan fingerprint density at radius 2 is 2.27 bits per heavy atom. The number of nitro benzene ring substituents is 1. The van der Waals surface area contributed by atoms with E-state index in [0.717, 1.165) is 6.07 Å². The molecule has 1 unspecified atom stereocenters. The molecule has 0 aliphatic rings. The lowest BCUT2D eigenvalue weighted by Crippen LogP contribution is -2.01. The zero-order chi connectivity index (χ0) is 11.4. The van der Waals surface area contributed by atoms with Crippen molar-refractivity contribution in [2.45, 2.75) is 17.1 Å². The molecule has 0 bridgehead atoms. The van der Waals surface area contributed by atoms with Gasteiger partial charge in [0.25, 0.3) is 5.69 Å². The largest absolute Gasteiger partial charge is 0.395 e. The molecule has 0 amide bonds. The summed E-state index contributed by atoms with van der Waals surface area (Å²) in [5.41, 5.74) is -0.275. The van der Waals surface area contributed by atoms with Crippen molar-refractivity contribution in [2.24, 2.45) is 0 Å². The van der Waals surface area contributed by atoms with E-state index < -0.39 is 10.7 Å². The molecule has 1 aromatic rings. The first-order chi connectivity index (χ1) is 7.02. The van der Waals surface area contributed by atoms with Gasteiger partial charge in [0.05, 0.1) is 17.6 Å². The number of thioether (sulfide) groups is 1. The molecule has 0 fully saturated rings. The zero-order valence-corrected chi connectivity index (χ0v) is 8.83. The van der Waals surface area contributed by atoms with Gasteiger partial charge in [0, 0.05) is 16.2 Å². The molecule has 0 aliphatic heterocycles. The number of hydrogen-bond donors (Lipinski definition) is 1. The lowest BCUT2D eigenvalue weighted by molar-refractivity contribution is -0.385. The minimum atomic E-state index is -0.642. The summed E-state index contributed by atoms with van der Waals surface area (Å²) in [6.07, 6.45) is 0. The monoisotopic (exact) mass is 231 g/mol. The van der Waals surface area contributed by atoms with Crippen molar-refractivity contribution in [3.63, 3.8) is 0 Å². The quantitative estimate of drug-likeness (QED) is 0.490. The summed E-state index contributed by atoms with van der Waals surface area (Å²) in [5, 5.41) is 19.1. The minimum absolute atomic E-state index is 0.0605. The summed E-state index contributed by atoms with van der Waals surface area (Å²) in [4.78, 5) is 10.2. The lowest BCUT2D eigenvalue weighted by atomic mass is 10.3. The fourth-order valence-corrected chi connectivity index (χ4v) is 1.90. The van der Waals surface area contributed by atoms with Crippen molar-refractivity contribution in [1.82, 2.24) is 0 Å². The molecule has 0 saturated carbocycles. The molecule has 1 N–H and O–H groups in total. The Hall–Kier alpha value is -1.14. The standard InChI is InChI=1S/C9H10FNO3S/c1-6(5-12)15-9-3-7(10)2-8(4-9)11(13)14/h2-4,6,12H,5H2,1H3. The maximum absolute atomic E-state index is 13.0. The minimum Gasteiger partial charge on any atom is -0.395 e. The molecule has 15 heavy (non-hydrogen) atoms. The highest BCUT2D eigenvalue weighted by molar-refractivity contribution is 8.00. The summed E-state index contributed by atoms with van der Waals surface area (Å²) in [5.74, 6) is -0.642. The first kappa shape index (κ1) is 11.9. The third-order valence-electron chi connectivity index (χ3n) is 1.66. The van der Waals surface area contributed by atoms with Crippen molar-refractivity contribution in [1.29, 1.82) is 0 Å². The third-order valence-corrected chi connectivity index (χ3v) is 2.72. The van der Waals surface area contributed by atoms with Crippen LogP contribution in [0.4, 0.5) is 10.1 Å². The van der Waals surface area contributed by atoms with Crippen molar-refractivity contribution >= 4 is 17.4 Å². The van der Waals surface area contributed by atoms with Crippen molar-refractivity contribution in [2.75, 3.05) is 6.61 Å². The molecule has 1 atom stereocenters. The first-order valence-corrected chi connectivity index (χ1v) is 5.13. The van der Waals surface area contributed by atoms with E-state index in [1.807, 2.05) is 0 Å². The molecule has 0 saturated heterocycles. The molecule has 82 valence electrons. The van der Waals surface area contributed by atoms with Crippen LogP contribution in [0.2, 0.25) is 0 Å². The van der Waals surface area contributed by atoms with Crippen molar-refractivity contribution < 1.29 is 14.4 Å².